The van der Waals surface area contributed by atoms with Gasteiger partial charge in [-0.3, -0.25) is 0 Å². The highest BCUT2D eigenvalue weighted by Gasteiger charge is 2.25. The number of nitrogens with zero attached hydrogens (tertiary/aromatic N) is 2. The first-order valence-corrected chi connectivity index (χ1v) is 8.82. The zero-order valence-electron chi connectivity index (χ0n) is 12.3. The fourth-order valence-corrected chi connectivity index (χ4v) is 3.34. The van der Waals surface area contributed by atoms with E-state index < -0.39 is 0 Å². The van der Waals surface area contributed by atoms with Crippen LogP contribution in [0, 0.1) is 0 Å². The number of fused-ring (bicyclic) bond motifs is 1. The number of aromatic nitrogens is 2. The van der Waals surface area contributed by atoms with Crippen LogP contribution in [0.2, 0.25) is 0 Å². The van der Waals surface area contributed by atoms with E-state index in [2.05, 4.69) is 40.7 Å². The van der Waals surface area contributed by atoms with Gasteiger partial charge in [0.1, 0.15) is 0 Å². The van der Waals surface area contributed by atoms with Gasteiger partial charge in [-0.25, -0.2) is 0 Å². The van der Waals surface area contributed by atoms with Crippen LogP contribution in [0.15, 0.2) is 28.8 Å². The third-order valence-corrected chi connectivity index (χ3v) is 4.76. The van der Waals surface area contributed by atoms with Crippen molar-refractivity contribution < 1.29 is 4.52 Å². The molecule has 0 amide bonds. The molecule has 0 saturated heterocycles. The van der Waals surface area contributed by atoms with Crippen LogP contribution in [0.4, 0.5) is 0 Å². The van der Waals surface area contributed by atoms with Crippen LogP contribution in [-0.4, -0.2) is 22.1 Å². The first-order valence-electron chi connectivity index (χ1n) is 7.42. The molecule has 1 unspecified atom stereocenters. The van der Waals surface area contributed by atoms with E-state index >= 15 is 0 Å². The fourth-order valence-electron chi connectivity index (χ4n) is 2.85. The molecule has 1 aromatic carbocycles. The number of thioether (sulfide) groups is 1. The SMILES string of the molecule is CSCC[C@@H](N)c1nc(C2CCc3ccccc3C2)no1. The summed E-state index contributed by atoms with van der Waals surface area (Å²) in [6, 6.07) is 8.48. The molecule has 1 aliphatic carbocycles. The van der Waals surface area contributed by atoms with Crippen molar-refractivity contribution in [2.75, 3.05) is 12.0 Å². The molecule has 1 heterocycles. The van der Waals surface area contributed by atoms with Crippen molar-refractivity contribution in [3.05, 3.63) is 47.1 Å². The molecule has 21 heavy (non-hydrogen) atoms. The van der Waals surface area contributed by atoms with Crippen LogP contribution in [0.1, 0.15) is 47.6 Å². The maximum absolute atomic E-state index is 6.09. The molecule has 2 N–H and O–H groups in total. The minimum absolute atomic E-state index is 0.144. The molecule has 4 nitrogen and oxygen atoms in total. The summed E-state index contributed by atoms with van der Waals surface area (Å²) in [5, 5.41) is 4.17. The highest BCUT2D eigenvalue weighted by molar-refractivity contribution is 7.98. The average Bonchev–Trinajstić information content (AvgIpc) is 3.02. The molecule has 0 saturated carbocycles. The van der Waals surface area contributed by atoms with E-state index in [-0.39, 0.29) is 6.04 Å². The van der Waals surface area contributed by atoms with E-state index in [1.807, 2.05) is 0 Å². The number of hydrogen-bond donors (Lipinski definition) is 1. The number of hydrogen-bond acceptors (Lipinski definition) is 5. The molecular formula is C16H21N3OS. The Hall–Kier alpha value is -1.33. The summed E-state index contributed by atoms with van der Waals surface area (Å²) in [5.41, 5.74) is 8.95. The topological polar surface area (TPSA) is 64.9 Å². The van der Waals surface area contributed by atoms with Crippen molar-refractivity contribution in [2.24, 2.45) is 5.73 Å². The Kier molecular flexibility index (Phi) is 4.60. The number of rotatable bonds is 5. The van der Waals surface area contributed by atoms with Gasteiger partial charge in [-0.2, -0.15) is 16.7 Å². The number of benzene rings is 1. The van der Waals surface area contributed by atoms with Crippen molar-refractivity contribution in [3.63, 3.8) is 0 Å². The lowest BCUT2D eigenvalue weighted by Gasteiger charge is -2.21. The van der Waals surface area contributed by atoms with E-state index in [1.165, 1.54) is 11.1 Å². The number of nitrogens with two attached hydrogens (primary N) is 1. The summed E-state index contributed by atoms with van der Waals surface area (Å²) in [7, 11) is 0. The summed E-state index contributed by atoms with van der Waals surface area (Å²) in [6.45, 7) is 0. The lowest BCUT2D eigenvalue weighted by Crippen LogP contribution is -2.15. The molecule has 0 bridgehead atoms. The van der Waals surface area contributed by atoms with Gasteiger partial charge in [0.25, 0.3) is 0 Å². The molecule has 3 rings (SSSR count). The molecule has 0 fully saturated rings. The Labute approximate surface area is 129 Å². The quantitative estimate of drug-likeness (QED) is 0.919. The van der Waals surface area contributed by atoms with Gasteiger partial charge >= 0.3 is 0 Å². The van der Waals surface area contributed by atoms with Crippen molar-refractivity contribution in [1.82, 2.24) is 10.1 Å². The molecule has 1 aromatic heterocycles. The molecular weight excluding hydrogens is 282 g/mol. The van der Waals surface area contributed by atoms with Crippen molar-refractivity contribution >= 4 is 11.8 Å². The van der Waals surface area contributed by atoms with Crippen LogP contribution in [-0.2, 0) is 12.8 Å². The highest BCUT2D eigenvalue weighted by atomic mass is 32.2. The Bertz CT molecular complexity index is 599. The molecule has 0 aliphatic heterocycles. The van der Waals surface area contributed by atoms with Crippen molar-refractivity contribution in [3.8, 4) is 0 Å². The first kappa shape index (κ1) is 14.6. The minimum Gasteiger partial charge on any atom is -0.338 e. The van der Waals surface area contributed by atoms with Gasteiger partial charge in [0.2, 0.25) is 5.89 Å². The third-order valence-electron chi connectivity index (χ3n) is 4.12. The normalized spacial score (nSPS) is 19.2. The first-order chi connectivity index (χ1) is 10.3. The van der Waals surface area contributed by atoms with Gasteiger partial charge in [-0.1, -0.05) is 29.4 Å². The van der Waals surface area contributed by atoms with Gasteiger partial charge in [-0.15, -0.1) is 0 Å². The fraction of sp³-hybridized carbons (Fsp3) is 0.500. The molecule has 0 spiro atoms. The monoisotopic (exact) mass is 303 g/mol. The molecule has 112 valence electrons. The lowest BCUT2D eigenvalue weighted by atomic mass is 9.83. The Morgan fingerprint density at radius 2 is 2.19 bits per heavy atom. The molecule has 0 radical (unpaired) electrons. The molecule has 1 aliphatic rings. The van der Waals surface area contributed by atoms with Crippen molar-refractivity contribution in [2.45, 2.75) is 37.6 Å². The van der Waals surface area contributed by atoms with E-state index in [1.54, 1.807) is 11.8 Å². The predicted molar refractivity (Wildman–Crippen MR) is 85.4 cm³/mol. The standard InChI is InChI=1S/C16H21N3OS/c1-21-9-8-14(17)16-18-15(19-20-16)13-7-6-11-4-2-3-5-12(11)10-13/h2-5,13-14H,6-10,17H2,1H3/t13?,14-/m1/s1. The second-order valence-corrected chi connectivity index (χ2v) is 6.57. The smallest absolute Gasteiger partial charge is 0.243 e. The van der Waals surface area contributed by atoms with Gasteiger partial charge < -0.3 is 10.3 Å². The largest absolute Gasteiger partial charge is 0.338 e. The maximum Gasteiger partial charge on any atom is 0.243 e. The van der Waals surface area contributed by atoms with E-state index in [0.29, 0.717) is 11.8 Å². The summed E-state index contributed by atoms with van der Waals surface area (Å²) in [6.07, 6.45) is 6.11. The van der Waals surface area contributed by atoms with Crippen LogP contribution in [0.3, 0.4) is 0 Å². The van der Waals surface area contributed by atoms with Crippen molar-refractivity contribution in [1.29, 1.82) is 0 Å². The van der Waals surface area contributed by atoms with Gasteiger partial charge in [0.05, 0.1) is 6.04 Å². The summed E-state index contributed by atoms with van der Waals surface area (Å²) >= 11 is 1.78. The van der Waals surface area contributed by atoms with Gasteiger partial charge in [0.15, 0.2) is 5.82 Å². The van der Waals surface area contributed by atoms with Crippen LogP contribution < -0.4 is 5.73 Å². The Morgan fingerprint density at radius 1 is 1.38 bits per heavy atom. The van der Waals surface area contributed by atoms with E-state index in [9.17, 15) is 0 Å². The minimum atomic E-state index is -0.144. The highest BCUT2D eigenvalue weighted by Crippen LogP contribution is 2.31. The van der Waals surface area contributed by atoms with Crippen LogP contribution in [0.25, 0.3) is 0 Å². The zero-order chi connectivity index (χ0) is 14.7. The molecule has 2 atom stereocenters. The number of aryl methyl sites for hydroxylation is 1. The zero-order valence-corrected chi connectivity index (χ0v) is 13.1. The lowest BCUT2D eigenvalue weighted by molar-refractivity contribution is 0.345. The maximum atomic E-state index is 6.09. The molecule has 2 aromatic rings. The summed E-state index contributed by atoms with van der Waals surface area (Å²) in [5.74, 6) is 2.76. The Morgan fingerprint density at radius 3 is 3.00 bits per heavy atom. The van der Waals surface area contributed by atoms with E-state index in [0.717, 1.165) is 37.3 Å². The summed E-state index contributed by atoms with van der Waals surface area (Å²) in [4.78, 5) is 4.55. The van der Waals surface area contributed by atoms with Crippen LogP contribution >= 0.6 is 11.8 Å². The second-order valence-electron chi connectivity index (χ2n) is 5.59. The van der Waals surface area contributed by atoms with Gasteiger partial charge in [-0.05, 0) is 48.8 Å². The summed E-state index contributed by atoms with van der Waals surface area (Å²) < 4.78 is 5.37. The predicted octanol–water partition coefficient (Wildman–Crippen LogP) is 3.10. The Balaban J connectivity index is 1.70. The van der Waals surface area contributed by atoms with Gasteiger partial charge in [0, 0.05) is 5.92 Å². The third kappa shape index (κ3) is 3.30. The van der Waals surface area contributed by atoms with E-state index in [4.69, 9.17) is 10.3 Å². The van der Waals surface area contributed by atoms with Crippen LogP contribution in [0.5, 0.6) is 0 Å². The molecule has 5 heteroatoms. The second kappa shape index (κ2) is 6.62. The average molecular weight is 303 g/mol.